The van der Waals surface area contributed by atoms with Crippen molar-refractivity contribution in [3.63, 3.8) is 0 Å². The number of hydrogen-bond acceptors (Lipinski definition) is 3. The molecular formula is C18H28ClN3O2. The summed E-state index contributed by atoms with van der Waals surface area (Å²) >= 11 is 0. The lowest BCUT2D eigenvalue weighted by Gasteiger charge is -2.13. The van der Waals surface area contributed by atoms with Gasteiger partial charge < -0.3 is 16.0 Å². The number of carbonyl (C=O) groups is 2. The molecule has 3 N–H and O–H groups in total. The first-order valence-corrected chi connectivity index (χ1v) is 8.38. The Labute approximate surface area is 150 Å². The summed E-state index contributed by atoms with van der Waals surface area (Å²) in [6.45, 7) is 7.73. The predicted molar refractivity (Wildman–Crippen MR) is 101 cm³/mol. The first-order chi connectivity index (χ1) is 11.0. The molecule has 1 aromatic rings. The van der Waals surface area contributed by atoms with Crippen LogP contribution in [0.4, 0.5) is 11.4 Å². The van der Waals surface area contributed by atoms with Crippen LogP contribution in [-0.2, 0) is 9.59 Å². The molecule has 1 aliphatic heterocycles. The molecule has 1 atom stereocenters. The Morgan fingerprint density at radius 3 is 2.67 bits per heavy atom. The van der Waals surface area contributed by atoms with Crippen molar-refractivity contribution < 1.29 is 9.59 Å². The Balaban J connectivity index is 0.00000288. The molecule has 1 unspecified atom stereocenters. The number of benzene rings is 1. The Bertz CT molecular complexity index is 569. The van der Waals surface area contributed by atoms with E-state index < -0.39 is 0 Å². The molecule has 1 aromatic carbocycles. The van der Waals surface area contributed by atoms with Crippen LogP contribution in [0.15, 0.2) is 18.2 Å². The van der Waals surface area contributed by atoms with E-state index >= 15 is 0 Å². The van der Waals surface area contributed by atoms with Crippen molar-refractivity contribution >= 4 is 35.6 Å². The molecule has 0 aliphatic carbocycles. The number of amides is 2. The molecule has 1 heterocycles. The zero-order chi connectivity index (χ0) is 16.8. The van der Waals surface area contributed by atoms with Crippen molar-refractivity contribution in [3.8, 4) is 0 Å². The topological polar surface area (TPSA) is 70.2 Å². The van der Waals surface area contributed by atoms with Gasteiger partial charge in [-0.15, -0.1) is 12.4 Å². The number of anilines is 2. The maximum absolute atomic E-state index is 12.1. The minimum atomic E-state index is -0.0747. The molecule has 1 fully saturated rings. The fourth-order valence-electron chi connectivity index (χ4n) is 2.63. The van der Waals surface area contributed by atoms with Crippen molar-refractivity contribution in [3.05, 3.63) is 23.8 Å². The van der Waals surface area contributed by atoms with Gasteiger partial charge in [-0.2, -0.15) is 0 Å². The van der Waals surface area contributed by atoms with Gasteiger partial charge in [0.2, 0.25) is 11.8 Å². The van der Waals surface area contributed by atoms with E-state index in [-0.39, 0.29) is 30.1 Å². The first kappa shape index (κ1) is 20.5. The highest BCUT2D eigenvalue weighted by Gasteiger charge is 2.16. The zero-order valence-electron chi connectivity index (χ0n) is 14.6. The SMILES string of the molecule is Cc1ccc(NC(=O)C(C)C)cc1NC(=O)CCC1CCNC1.Cl. The summed E-state index contributed by atoms with van der Waals surface area (Å²) in [5.74, 6) is 0.542. The second-order valence-corrected chi connectivity index (χ2v) is 6.62. The lowest BCUT2D eigenvalue weighted by Crippen LogP contribution is -2.18. The van der Waals surface area contributed by atoms with Crippen molar-refractivity contribution in [1.82, 2.24) is 5.32 Å². The van der Waals surface area contributed by atoms with Gasteiger partial charge in [-0.25, -0.2) is 0 Å². The van der Waals surface area contributed by atoms with Crippen molar-refractivity contribution in [1.29, 1.82) is 0 Å². The Hall–Kier alpha value is -1.59. The van der Waals surface area contributed by atoms with E-state index in [1.165, 1.54) is 0 Å². The van der Waals surface area contributed by atoms with Crippen LogP contribution in [0.2, 0.25) is 0 Å². The van der Waals surface area contributed by atoms with Gasteiger partial charge in [0, 0.05) is 23.7 Å². The summed E-state index contributed by atoms with van der Waals surface area (Å²) in [6, 6.07) is 5.59. The van der Waals surface area contributed by atoms with E-state index in [2.05, 4.69) is 16.0 Å². The average Bonchev–Trinajstić information content (AvgIpc) is 3.02. The standard InChI is InChI=1S/C18H27N3O2.ClH/c1-12(2)18(23)20-15-6-4-13(3)16(10-15)21-17(22)7-5-14-8-9-19-11-14;/h4,6,10,12,14,19H,5,7-9,11H2,1-3H3,(H,20,23)(H,21,22);1H. The van der Waals surface area contributed by atoms with Gasteiger partial charge in [0.15, 0.2) is 0 Å². The fraction of sp³-hybridized carbons (Fsp3) is 0.556. The van der Waals surface area contributed by atoms with E-state index in [9.17, 15) is 9.59 Å². The molecule has 2 amide bonds. The maximum Gasteiger partial charge on any atom is 0.226 e. The molecular weight excluding hydrogens is 326 g/mol. The monoisotopic (exact) mass is 353 g/mol. The van der Waals surface area contributed by atoms with Crippen molar-refractivity contribution in [2.24, 2.45) is 11.8 Å². The molecule has 24 heavy (non-hydrogen) atoms. The number of rotatable bonds is 6. The van der Waals surface area contributed by atoms with Crippen LogP contribution in [0.5, 0.6) is 0 Å². The normalized spacial score (nSPS) is 16.6. The van der Waals surface area contributed by atoms with Crippen molar-refractivity contribution in [2.45, 2.75) is 40.0 Å². The van der Waals surface area contributed by atoms with Gasteiger partial charge in [-0.1, -0.05) is 19.9 Å². The van der Waals surface area contributed by atoms with Crippen LogP contribution in [0, 0.1) is 18.8 Å². The lowest BCUT2D eigenvalue weighted by atomic mass is 10.0. The van der Waals surface area contributed by atoms with Crippen molar-refractivity contribution in [2.75, 3.05) is 23.7 Å². The molecule has 1 aliphatic rings. The van der Waals surface area contributed by atoms with Gasteiger partial charge >= 0.3 is 0 Å². The highest BCUT2D eigenvalue weighted by molar-refractivity contribution is 5.95. The molecule has 6 heteroatoms. The third-order valence-corrected chi connectivity index (χ3v) is 4.25. The van der Waals surface area contributed by atoms with Crippen LogP contribution in [-0.4, -0.2) is 24.9 Å². The van der Waals surface area contributed by atoms with Gasteiger partial charge in [0.25, 0.3) is 0 Å². The number of aryl methyl sites for hydroxylation is 1. The summed E-state index contributed by atoms with van der Waals surface area (Å²) in [5.41, 5.74) is 2.47. The second kappa shape index (κ2) is 9.64. The number of nitrogens with one attached hydrogen (secondary N) is 3. The van der Waals surface area contributed by atoms with Crippen LogP contribution < -0.4 is 16.0 Å². The summed E-state index contributed by atoms with van der Waals surface area (Å²) < 4.78 is 0. The van der Waals surface area contributed by atoms with Gasteiger partial charge in [0.05, 0.1) is 0 Å². The molecule has 5 nitrogen and oxygen atoms in total. The summed E-state index contributed by atoms with van der Waals surface area (Å²) in [6.07, 6.45) is 2.61. The van der Waals surface area contributed by atoms with Gasteiger partial charge in [-0.05, 0) is 56.5 Å². The zero-order valence-corrected chi connectivity index (χ0v) is 15.5. The molecule has 2 rings (SSSR count). The Kier molecular flexibility index (Phi) is 8.22. The van der Waals surface area contributed by atoms with Gasteiger partial charge in [0.1, 0.15) is 0 Å². The van der Waals surface area contributed by atoms with E-state index in [1.807, 2.05) is 39.0 Å². The number of hydrogen-bond donors (Lipinski definition) is 3. The Morgan fingerprint density at radius 2 is 2.04 bits per heavy atom. The maximum atomic E-state index is 12.1. The highest BCUT2D eigenvalue weighted by atomic mass is 35.5. The molecule has 0 spiro atoms. The van der Waals surface area contributed by atoms with E-state index in [0.29, 0.717) is 18.0 Å². The molecule has 0 saturated carbocycles. The smallest absolute Gasteiger partial charge is 0.226 e. The summed E-state index contributed by atoms with van der Waals surface area (Å²) in [5, 5.41) is 9.14. The molecule has 0 aromatic heterocycles. The Morgan fingerprint density at radius 1 is 1.29 bits per heavy atom. The van der Waals surface area contributed by atoms with Gasteiger partial charge in [-0.3, -0.25) is 9.59 Å². The van der Waals surface area contributed by atoms with Crippen LogP contribution in [0.25, 0.3) is 0 Å². The average molecular weight is 354 g/mol. The number of halogens is 1. The molecule has 134 valence electrons. The van der Waals surface area contributed by atoms with Crippen LogP contribution >= 0.6 is 12.4 Å². The quantitative estimate of drug-likeness (QED) is 0.734. The summed E-state index contributed by atoms with van der Waals surface area (Å²) in [4.78, 5) is 23.9. The third-order valence-electron chi connectivity index (χ3n) is 4.25. The van der Waals surface area contributed by atoms with Crippen LogP contribution in [0.1, 0.15) is 38.7 Å². The number of carbonyl (C=O) groups excluding carboxylic acids is 2. The minimum absolute atomic E-state index is 0. The second-order valence-electron chi connectivity index (χ2n) is 6.62. The van der Waals surface area contributed by atoms with E-state index in [0.717, 1.165) is 37.2 Å². The molecule has 0 radical (unpaired) electrons. The molecule has 0 bridgehead atoms. The predicted octanol–water partition coefficient (Wildman–Crippen LogP) is 3.34. The summed E-state index contributed by atoms with van der Waals surface area (Å²) in [7, 11) is 0. The first-order valence-electron chi connectivity index (χ1n) is 8.38. The fourth-order valence-corrected chi connectivity index (χ4v) is 2.63. The third kappa shape index (κ3) is 6.13. The highest BCUT2D eigenvalue weighted by Crippen LogP contribution is 2.22. The largest absolute Gasteiger partial charge is 0.326 e. The van der Waals surface area contributed by atoms with E-state index in [1.54, 1.807) is 0 Å². The minimum Gasteiger partial charge on any atom is -0.326 e. The molecule has 1 saturated heterocycles. The van der Waals surface area contributed by atoms with E-state index in [4.69, 9.17) is 0 Å². The van der Waals surface area contributed by atoms with Crippen LogP contribution in [0.3, 0.4) is 0 Å². The lowest BCUT2D eigenvalue weighted by molar-refractivity contribution is -0.119.